The van der Waals surface area contributed by atoms with Crippen LogP contribution in [0.1, 0.15) is 15.9 Å². The van der Waals surface area contributed by atoms with Gasteiger partial charge in [0.05, 0.1) is 16.4 Å². The van der Waals surface area contributed by atoms with Crippen molar-refractivity contribution in [2.45, 2.75) is 11.3 Å². The number of amides is 1. The molecule has 1 amide bonds. The second kappa shape index (κ2) is 8.58. The number of rotatable bonds is 5. The van der Waals surface area contributed by atoms with Crippen LogP contribution in [0.3, 0.4) is 0 Å². The Morgan fingerprint density at radius 1 is 1.06 bits per heavy atom. The van der Waals surface area contributed by atoms with Gasteiger partial charge < -0.3 is 0 Å². The maximum absolute atomic E-state index is 13.4. The molecule has 1 N–H and O–H groups in total. The van der Waals surface area contributed by atoms with Crippen molar-refractivity contribution in [3.8, 4) is 11.4 Å². The van der Waals surface area contributed by atoms with Crippen LogP contribution in [0.25, 0.3) is 11.4 Å². The number of pyridine rings is 1. The molecule has 10 heteroatoms. The number of nitrogens with zero attached hydrogens (tertiary/aromatic N) is 3. The molecule has 0 fully saturated rings. The quantitative estimate of drug-likeness (QED) is 0.426. The summed E-state index contributed by atoms with van der Waals surface area (Å²) in [6.07, 6.45) is 2.29. The highest BCUT2D eigenvalue weighted by molar-refractivity contribution is 7.93. The van der Waals surface area contributed by atoms with Gasteiger partial charge in [0, 0.05) is 23.7 Å². The molecule has 0 saturated heterocycles. The first-order valence-corrected chi connectivity index (χ1v) is 12.7. The largest absolute Gasteiger partial charge is 0.298 e. The monoisotopic (exact) mass is 496 g/mol. The lowest BCUT2D eigenvalue weighted by atomic mass is 10.2. The SMILES string of the molecule is O=C(Nc1nc(-c2ccccn2)cs1)c1ccc(Cl)c(S(=O)(=O)N2CCc3ccccc32)c1. The molecule has 33 heavy (non-hydrogen) atoms. The number of thiazole rings is 1. The van der Waals surface area contributed by atoms with Crippen molar-refractivity contribution in [3.63, 3.8) is 0 Å². The number of fused-ring (bicyclic) bond motifs is 1. The predicted molar refractivity (Wildman–Crippen MR) is 129 cm³/mol. The van der Waals surface area contributed by atoms with Crippen LogP contribution >= 0.6 is 22.9 Å². The summed E-state index contributed by atoms with van der Waals surface area (Å²) in [7, 11) is -3.94. The van der Waals surface area contributed by atoms with Gasteiger partial charge in [0.2, 0.25) is 0 Å². The standard InChI is InChI=1S/C23H17ClN4O3S2/c24-17-9-8-16(22(29)27-23-26-19(14-32-23)18-6-3-4-11-25-18)13-21(17)33(30,31)28-12-10-15-5-1-2-7-20(15)28/h1-9,11,13-14H,10,12H2,(H,26,27,29). The third-order valence-corrected chi connectivity index (χ3v) is 8.31. The van der Waals surface area contributed by atoms with Crippen LogP contribution < -0.4 is 9.62 Å². The highest BCUT2D eigenvalue weighted by Gasteiger charge is 2.32. The highest BCUT2D eigenvalue weighted by Crippen LogP contribution is 2.35. The summed E-state index contributed by atoms with van der Waals surface area (Å²) >= 11 is 7.52. The number of carbonyl (C=O) groups is 1. The molecule has 166 valence electrons. The van der Waals surface area contributed by atoms with Crippen LogP contribution in [-0.4, -0.2) is 30.8 Å². The highest BCUT2D eigenvalue weighted by atomic mass is 35.5. The molecular formula is C23H17ClN4O3S2. The molecule has 0 saturated carbocycles. The third kappa shape index (κ3) is 4.10. The van der Waals surface area contributed by atoms with Crippen molar-refractivity contribution in [1.29, 1.82) is 0 Å². The first-order valence-electron chi connectivity index (χ1n) is 10.0. The van der Waals surface area contributed by atoms with Crippen LogP contribution in [0.4, 0.5) is 10.8 Å². The number of aromatic nitrogens is 2. The van der Waals surface area contributed by atoms with Gasteiger partial charge in [-0.2, -0.15) is 0 Å². The number of carbonyl (C=O) groups excluding carboxylic acids is 1. The fourth-order valence-electron chi connectivity index (χ4n) is 3.65. The minimum atomic E-state index is -3.94. The van der Waals surface area contributed by atoms with E-state index in [4.69, 9.17) is 11.6 Å². The lowest BCUT2D eigenvalue weighted by Crippen LogP contribution is -2.29. The Labute approximate surface area is 199 Å². The lowest BCUT2D eigenvalue weighted by molar-refractivity contribution is 0.102. The molecule has 1 aliphatic rings. The molecule has 5 rings (SSSR count). The fourth-order valence-corrected chi connectivity index (χ4v) is 6.36. The summed E-state index contributed by atoms with van der Waals surface area (Å²) in [6, 6.07) is 17.1. The Bertz CT molecular complexity index is 1460. The molecule has 3 heterocycles. The first-order chi connectivity index (χ1) is 15.9. The fraction of sp³-hybridized carbons (Fsp3) is 0.0870. The summed E-state index contributed by atoms with van der Waals surface area (Å²) in [5.41, 5.74) is 3.09. The summed E-state index contributed by atoms with van der Waals surface area (Å²) in [5.74, 6) is -0.480. The predicted octanol–water partition coefficient (Wildman–Crippen LogP) is 4.86. The molecule has 0 spiro atoms. The van der Waals surface area contributed by atoms with Crippen molar-refractivity contribution in [2.75, 3.05) is 16.2 Å². The Kier molecular flexibility index (Phi) is 5.61. The van der Waals surface area contributed by atoms with Crippen LogP contribution in [0.5, 0.6) is 0 Å². The van der Waals surface area contributed by atoms with Crippen molar-refractivity contribution in [3.05, 3.63) is 88.4 Å². The molecule has 0 bridgehead atoms. The zero-order chi connectivity index (χ0) is 23.0. The lowest BCUT2D eigenvalue weighted by Gasteiger charge is -2.20. The van der Waals surface area contributed by atoms with E-state index in [0.717, 1.165) is 5.56 Å². The maximum Gasteiger partial charge on any atom is 0.265 e. The van der Waals surface area contributed by atoms with E-state index in [9.17, 15) is 13.2 Å². The van der Waals surface area contributed by atoms with Gasteiger partial charge in [-0.15, -0.1) is 11.3 Å². The molecule has 4 aromatic rings. The number of benzene rings is 2. The van der Waals surface area contributed by atoms with Crippen LogP contribution in [-0.2, 0) is 16.4 Å². The van der Waals surface area contributed by atoms with E-state index in [1.54, 1.807) is 23.7 Å². The zero-order valence-electron chi connectivity index (χ0n) is 17.1. The number of hydrogen-bond donors (Lipinski definition) is 1. The van der Waals surface area contributed by atoms with E-state index in [1.165, 1.54) is 33.8 Å². The number of sulfonamides is 1. The number of anilines is 2. The van der Waals surface area contributed by atoms with Gasteiger partial charge >= 0.3 is 0 Å². The maximum atomic E-state index is 13.4. The minimum absolute atomic E-state index is 0.0580. The van der Waals surface area contributed by atoms with Gasteiger partial charge in [-0.25, -0.2) is 13.4 Å². The smallest absolute Gasteiger partial charge is 0.265 e. The van der Waals surface area contributed by atoms with Gasteiger partial charge in [0.1, 0.15) is 10.6 Å². The zero-order valence-corrected chi connectivity index (χ0v) is 19.5. The molecular weight excluding hydrogens is 480 g/mol. The van der Waals surface area contributed by atoms with Gasteiger partial charge in [0.15, 0.2) is 5.13 Å². The van der Waals surface area contributed by atoms with E-state index in [-0.39, 0.29) is 15.5 Å². The van der Waals surface area contributed by atoms with Crippen molar-refractivity contribution >= 4 is 49.7 Å². The molecule has 0 aliphatic carbocycles. The Morgan fingerprint density at radius 2 is 1.88 bits per heavy atom. The summed E-state index contributed by atoms with van der Waals surface area (Å²) < 4.78 is 28.1. The second-order valence-corrected chi connectivity index (χ2v) is 10.4. The third-order valence-electron chi connectivity index (χ3n) is 5.26. The van der Waals surface area contributed by atoms with Gasteiger partial charge in [-0.05, 0) is 48.4 Å². The van der Waals surface area contributed by atoms with E-state index >= 15 is 0 Å². The van der Waals surface area contributed by atoms with Crippen LogP contribution in [0, 0.1) is 0 Å². The summed E-state index contributed by atoms with van der Waals surface area (Å²) in [5, 5.41) is 4.95. The molecule has 0 unspecified atom stereocenters. The molecule has 2 aromatic heterocycles. The first kappa shape index (κ1) is 21.6. The van der Waals surface area contributed by atoms with E-state index in [0.29, 0.717) is 35.2 Å². The Morgan fingerprint density at radius 3 is 2.70 bits per heavy atom. The molecule has 0 radical (unpaired) electrons. The second-order valence-electron chi connectivity index (χ2n) is 7.31. The number of para-hydroxylation sites is 1. The van der Waals surface area contributed by atoms with Crippen LogP contribution in [0.15, 0.2) is 77.1 Å². The Balaban J connectivity index is 1.41. The van der Waals surface area contributed by atoms with Crippen molar-refractivity contribution in [1.82, 2.24) is 9.97 Å². The van der Waals surface area contributed by atoms with E-state index in [2.05, 4.69) is 15.3 Å². The molecule has 1 aliphatic heterocycles. The topological polar surface area (TPSA) is 92.3 Å². The minimum Gasteiger partial charge on any atom is -0.298 e. The van der Waals surface area contributed by atoms with Gasteiger partial charge in [-0.1, -0.05) is 35.9 Å². The van der Waals surface area contributed by atoms with Crippen LogP contribution in [0.2, 0.25) is 5.02 Å². The summed E-state index contributed by atoms with van der Waals surface area (Å²) in [4.78, 5) is 21.4. The Hall–Kier alpha value is -3.27. The normalized spacial score (nSPS) is 13.1. The number of halogens is 1. The molecule has 7 nitrogen and oxygen atoms in total. The molecule has 0 atom stereocenters. The van der Waals surface area contributed by atoms with Gasteiger partial charge in [-0.3, -0.25) is 19.4 Å². The number of nitrogens with one attached hydrogen (secondary N) is 1. The summed E-state index contributed by atoms with van der Waals surface area (Å²) in [6.45, 7) is 0.323. The van der Waals surface area contributed by atoms with Crippen molar-refractivity contribution in [2.24, 2.45) is 0 Å². The van der Waals surface area contributed by atoms with Gasteiger partial charge in [0.25, 0.3) is 15.9 Å². The average molecular weight is 497 g/mol. The molecule has 2 aromatic carbocycles. The van der Waals surface area contributed by atoms with E-state index < -0.39 is 15.9 Å². The number of hydrogen-bond acceptors (Lipinski definition) is 6. The van der Waals surface area contributed by atoms with Crippen molar-refractivity contribution < 1.29 is 13.2 Å². The van der Waals surface area contributed by atoms with E-state index in [1.807, 2.05) is 30.3 Å². The average Bonchev–Trinajstić information content (AvgIpc) is 3.47.